The molecule has 0 N–H and O–H groups in total. The van der Waals surface area contributed by atoms with Gasteiger partial charge in [-0.05, 0) is 6.42 Å². The Bertz CT molecular complexity index is 482. The van der Waals surface area contributed by atoms with E-state index in [1.54, 1.807) is 0 Å². The van der Waals surface area contributed by atoms with Crippen LogP contribution in [0.15, 0.2) is 0 Å². The maximum atomic E-state index is 14.4. The molecule has 0 saturated heterocycles. The molecular formula is C16H22F11I. The topological polar surface area (TPSA) is 0 Å². The van der Waals surface area contributed by atoms with Gasteiger partial charge in [0.2, 0.25) is 0 Å². The zero-order valence-corrected chi connectivity index (χ0v) is 17.3. The summed E-state index contributed by atoms with van der Waals surface area (Å²) < 4.78 is 142. The molecule has 0 amide bonds. The van der Waals surface area contributed by atoms with Gasteiger partial charge in [-0.3, -0.25) is 0 Å². The number of hydrogen-bond acceptors (Lipinski definition) is 0. The Morgan fingerprint density at radius 2 is 1.04 bits per heavy atom. The predicted molar refractivity (Wildman–Crippen MR) is 90.9 cm³/mol. The summed E-state index contributed by atoms with van der Waals surface area (Å²) in [5, 5.41) is 0. The van der Waals surface area contributed by atoms with E-state index in [4.69, 9.17) is 0 Å². The van der Waals surface area contributed by atoms with Crippen molar-refractivity contribution >= 4 is 22.6 Å². The van der Waals surface area contributed by atoms with Crippen LogP contribution in [0.2, 0.25) is 0 Å². The second-order valence-corrected chi connectivity index (χ2v) is 9.66. The predicted octanol–water partition coefficient (Wildman–Crippen LogP) is 8.42. The quantitative estimate of drug-likeness (QED) is 0.105. The van der Waals surface area contributed by atoms with Crippen LogP contribution in [-0.4, -0.2) is 33.3 Å². The van der Waals surface area contributed by atoms with Gasteiger partial charge in [-0.25, -0.2) is 4.39 Å². The summed E-state index contributed by atoms with van der Waals surface area (Å²) in [4.78, 5) is 0. The van der Waals surface area contributed by atoms with Gasteiger partial charge in [-0.1, -0.05) is 75.0 Å². The minimum absolute atomic E-state index is 0.193. The van der Waals surface area contributed by atoms with Gasteiger partial charge in [-0.2, -0.15) is 43.9 Å². The van der Waals surface area contributed by atoms with E-state index < -0.39 is 39.7 Å². The van der Waals surface area contributed by atoms with Crippen LogP contribution < -0.4 is 0 Å². The molecule has 0 fully saturated rings. The van der Waals surface area contributed by atoms with E-state index in [2.05, 4.69) is 0 Å². The Hall–Kier alpha value is -0.0400. The molecule has 170 valence electrons. The van der Waals surface area contributed by atoms with Crippen LogP contribution >= 0.6 is 22.6 Å². The number of alkyl halides is 12. The van der Waals surface area contributed by atoms with E-state index in [0.29, 0.717) is 12.8 Å². The third-order valence-electron chi connectivity index (χ3n) is 4.36. The van der Waals surface area contributed by atoms with Crippen LogP contribution in [0.5, 0.6) is 0 Å². The third kappa shape index (κ3) is 6.23. The molecule has 0 bridgehead atoms. The van der Waals surface area contributed by atoms with E-state index in [1.807, 2.05) is 6.92 Å². The van der Waals surface area contributed by atoms with Gasteiger partial charge in [0.25, 0.3) is 5.67 Å². The lowest BCUT2D eigenvalue weighted by atomic mass is 9.81. The van der Waals surface area contributed by atoms with Crippen molar-refractivity contribution in [3.05, 3.63) is 0 Å². The van der Waals surface area contributed by atoms with Crippen LogP contribution in [-0.2, 0) is 0 Å². The Morgan fingerprint density at radius 3 is 1.43 bits per heavy atom. The van der Waals surface area contributed by atoms with E-state index >= 15 is 0 Å². The summed E-state index contributed by atoms with van der Waals surface area (Å²) in [5.41, 5.74) is -6.06. The van der Waals surface area contributed by atoms with Crippen LogP contribution in [0.4, 0.5) is 48.3 Å². The lowest BCUT2D eigenvalue weighted by Crippen LogP contribution is -2.68. The zero-order valence-electron chi connectivity index (χ0n) is 15.2. The molecule has 0 radical (unpaired) electrons. The third-order valence-corrected chi connectivity index (χ3v) is 5.28. The van der Waals surface area contributed by atoms with Crippen molar-refractivity contribution in [1.29, 1.82) is 0 Å². The van der Waals surface area contributed by atoms with Gasteiger partial charge in [0, 0.05) is 9.84 Å². The first-order valence-electron chi connectivity index (χ1n) is 8.54. The largest absolute Gasteiger partial charge is 0.460 e. The molecule has 0 aromatic rings. The highest BCUT2D eigenvalue weighted by molar-refractivity contribution is 14.1. The monoisotopic (exact) mass is 550 g/mol. The molecule has 0 aliphatic heterocycles. The molecular weight excluding hydrogens is 528 g/mol. The summed E-state index contributed by atoms with van der Waals surface area (Å²) >= 11 is 1.20. The van der Waals surface area contributed by atoms with Crippen LogP contribution in [0.25, 0.3) is 0 Å². The normalized spacial score (nSPS) is 18.6. The lowest BCUT2D eigenvalue weighted by molar-refractivity contribution is -0.412. The maximum absolute atomic E-state index is 14.4. The molecule has 0 heterocycles. The van der Waals surface area contributed by atoms with Crippen molar-refractivity contribution in [2.75, 3.05) is 0 Å². The molecule has 0 spiro atoms. The molecule has 0 aromatic carbocycles. The summed E-state index contributed by atoms with van der Waals surface area (Å²) in [6, 6.07) is 0. The highest BCUT2D eigenvalue weighted by Crippen LogP contribution is 2.60. The second-order valence-electron chi connectivity index (χ2n) is 7.05. The summed E-state index contributed by atoms with van der Waals surface area (Å²) in [7, 11) is 0. The molecule has 2 unspecified atom stereocenters. The van der Waals surface area contributed by atoms with Crippen LogP contribution in [0.1, 0.15) is 65.2 Å². The molecule has 0 rings (SSSR count). The zero-order chi connectivity index (χ0) is 22.7. The van der Waals surface area contributed by atoms with Gasteiger partial charge in [-0.15, -0.1) is 0 Å². The van der Waals surface area contributed by atoms with E-state index in [-0.39, 0.29) is 12.8 Å². The maximum Gasteiger partial charge on any atom is 0.460 e. The fourth-order valence-corrected chi connectivity index (χ4v) is 3.59. The van der Waals surface area contributed by atoms with Crippen LogP contribution in [0, 0.1) is 0 Å². The van der Waals surface area contributed by atoms with Gasteiger partial charge < -0.3 is 0 Å². The van der Waals surface area contributed by atoms with Crippen molar-refractivity contribution in [2.24, 2.45) is 0 Å². The molecule has 28 heavy (non-hydrogen) atoms. The molecule has 0 nitrogen and oxygen atoms in total. The average molecular weight is 550 g/mol. The minimum atomic E-state index is -7.20. The molecule has 2 atom stereocenters. The first kappa shape index (κ1) is 28.0. The van der Waals surface area contributed by atoms with E-state index in [1.165, 1.54) is 22.6 Å². The number of rotatable bonds is 11. The lowest BCUT2D eigenvalue weighted by Gasteiger charge is -2.42. The van der Waals surface area contributed by atoms with Gasteiger partial charge in [0.05, 0.1) is 0 Å². The highest BCUT2D eigenvalue weighted by Gasteiger charge is 2.86. The van der Waals surface area contributed by atoms with Crippen molar-refractivity contribution in [3.63, 3.8) is 0 Å². The molecule has 12 heteroatoms. The average Bonchev–Trinajstić information content (AvgIpc) is 2.47. The Balaban J connectivity index is 5.58. The first-order valence-corrected chi connectivity index (χ1v) is 9.61. The van der Waals surface area contributed by atoms with Crippen molar-refractivity contribution in [2.45, 2.75) is 98.5 Å². The number of hydrogen-bond donors (Lipinski definition) is 0. The second kappa shape index (κ2) is 9.40. The van der Waals surface area contributed by atoms with Gasteiger partial charge in [0.15, 0.2) is 0 Å². The van der Waals surface area contributed by atoms with Crippen molar-refractivity contribution in [1.82, 2.24) is 0 Å². The summed E-state index contributed by atoms with van der Waals surface area (Å²) in [6.45, 7) is 2.86. The van der Waals surface area contributed by atoms with E-state index in [9.17, 15) is 48.3 Å². The molecule has 0 saturated carbocycles. The molecule has 0 aromatic heterocycles. The first-order chi connectivity index (χ1) is 12.3. The van der Waals surface area contributed by atoms with Gasteiger partial charge in [0.1, 0.15) is 0 Å². The fraction of sp³-hybridized carbons (Fsp3) is 1.00. The molecule has 0 aliphatic carbocycles. The smallest absolute Gasteiger partial charge is 0.227 e. The SMILES string of the molecule is CCCCCCCCC(C)(I)CC(F)(C(F)(F)F)C(F)(F)C(F)(F)C(F)(F)F. The summed E-state index contributed by atoms with van der Waals surface area (Å²) in [6.07, 6.45) is -12.2. The highest BCUT2D eigenvalue weighted by atomic mass is 127. The Morgan fingerprint density at radius 1 is 0.607 bits per heavy atom. The number of halogens is 12. The van der Waals surface area contributed by atoms with Crippen LogP contribution in [0.3, 0.4) is 0 Å². The summed E-state index contributed by atoms with van der Waals surface area (Å²) in [5.74, 6) is -14.2. The molecule has 0 aliphatic rings. The Labute approximate surface area is 169 Å². The number of unbranched alkanes of at least 4 members (excludes halogenated alkanes) is 5. The minimum Gasteiger partial charge on any atom is -0.227 e. The fourth-order valence-electron chi connectivity index (χ4n) is 2.69. The van der Waals surface area contributed by atoms with Crippen molar-refractivity contribution < 1.29 is 48.3 Å². The van der Waals surface area contributed by atoms with Gasteiger partial charge >= 0.3 is 24.2 Å². The van der Waals surface area contributed by atoms with E-state index in [0.717, 1.165) is 26.2 Å². The Kier molecular flexibility index (Phi) is 9.39. The van der Waals surface area contributed by atoms with Crippen molar-refractivity contribution in [3.8, 4) is 0 Å². The standard InChI is InChI=1S/C16H22F11I/c1-3-4-5-6-7-8-9-11(2,28)10-12(17,15(22,23)24)13(18,19)14(20,21)16(25,26)27/h3-10H2,1-2H3.